The summed E-state index contributed by atoms with van der Waals surface area (Å²) in [6.45, 7) is 0. The van der Waals surface area contributed by atoms with Gasteiger partial charge in [0.2, 0.25) is 0 Å². The van der Waals surface area contributed by atoms with Gasteiger partial charge in [-0.2, -0.15) is 0 Å². The lowest BCUT2D eigenvalue weighted by Gasteiger charge is -2.06. The van der Waals surface area contributed by atoms with Crippen molar-refractivity contribution in [1.29, 1.82) is 0 Å². The summed E-state index contributed by atoms with van der Waals surface area (Å²) >= 11 is 0. The molecule has 0 atom stereocenters. The van der Waals surface area contributed by atoms with Gasteiger partial charge >= 0.3 is 0 Å². The van der Waals surface area contributed by atoms with E-state index in [9.17, 15) is 28.6 Å². The van der Waals surface area contributed by atoms with Crippen LogP contribution < -0.4 is 0 Å². The highest BCUT2D eigenvalue weighted by Gasteiger charge is 2.23. The van der Waals surface area contributed by atoms with Gasteiger partial charge in [0, 0.05) is 23.3 Å². The van der Waals surface area contributed by atoms with E-state index >= 15 is 0 Å². The fraction of sp³-hybridized carbons (Fsp3) is 0.143. The number of benzene rings is 2. The van der Waals surface area contributed by atoms with Crippen molar-refractivity contribution in [2.45, 2.75) is 11.5 Å². The minimum Gasteiger partial charge on any atom is -0.258 e. The molecule has 0 N–H and O–H groups in total. The maximum absolute atomic E-state index is 12.3. The van der Waals surface area contributed by atoms with Gasteiger partial charge in [0.15, 0.2) is 9.84 Å². The second-order valence-corrected chi connectivity index (χ2v) is 6.87. The summed E-state index contributed by atoms with van der Waals surface area (Å²) in [5, 5.41) is 21.9. The van der Waals surface area contributed by atoms with Crippen LogP contribution in [0.4, 0.5) is 11.4 Å². The average molecular weight is 336 g/mol. The molecule has 8 nitrogen and oxygen atoms in total. The quantitative estimate of drug-likeness (QED) is 0.590. The average Bonchev–Trinajstić information content (AvgIpc) is 2.47. The van der Waals surface area contributed by atoms with Crippen molar-refractivity contribution in [2.75, 3.05) is 0 Å². The van der Waals surface area contributed by atoms with Gasteiger partial charge in [-0.1, -0.05) is 36.4 Å². The van der Waals surface area contributed by atoms with Gasteiger partial charge in [-0.15, -0.1) is 0 Å². The van der Waals surface area contributed by atoms with Crippen molar-refractivity contribution < 1.29 is 18.3 Å². The lowest BCUT2D eigenvalue weighted by molar-refractivity contribution is -0.385. The Kier molecular flexibility index (Phi) is 4.70. The number of hydrogen-bond donors (Lipinski definition) is 0. The Morgan fingerprint density at radius 1 is 0.739 bits per heavy atom. The molecule has 0 aliphatic carbocycles. The van der Waals surface area contributed by atoms with Crippen molar-refractivity contribution in [1.82, 2.24) is 0 Å². The topological polar surface area (TPSA) is 120 Å². The van der Waals surface area contributed by atoms with Crippen molar-refractivity contribution in [2.24, 2.45) is 0 Å². The number of rotatable bonds is 6. The molecule has 0 spiro atoms. The fourth-order valence-corrected chi connectivity index (χ4v) is 3.68. The normalized spacial score (nSPS) is 11.1. The summed E-state index contributed by atoms with van der Waals surface area (Å²) in [5.41, 5.74) is -0.482. The van der Waals surface area contributed by atoms with Crippen molar-refractivity contribution >= 4 is 21.2 Å². The number of para-hydroxylation sites is 2. The summed E-state index contributed by atoms with van der Waals surface area (Å²) in [6, 6.07) is 11.0. The number of hydrogen-bond acceptors (Lipinski definition) is 6. The van der Waals surface area contributed by atoms with Crippen LogP contribution >= 0.6 is 0 Å². The minimum absolute atomic E-state index is 0.0519. The molecule has 0 aliphatic rings. The van der Waals surface area contributed by atoms with E-state index in [1.165, 1.54) is 48.5 Å². The van der Waals surface area contributed by atoms with Crippen LogP contribution in [0.15, 0.2) is 48.5 Å². The molecule has 0 saturated heterocycles. The maximum Gasteiger partial charge on any atom is 0.273 e. The van der Waals surface area contributed by atoms with Crippen molar-refractivity contribution in [3.05, 3.63) is 79.9 Å². The molecule has 0 bridgehead atoms. The van der Waals surface area contributed by atoms with Crippen LogP contribution in [0.3, 0.4) is 0 Å². The highest BCUT2D eigenvalue weighted by molar-refractivity contribution is 7.89. The number of sulfone groups is 1. The molecule has 0 aliphatic heterocycles. The Bertz CT molecular complexity index is 798. The molecule has 0 amide bonds. The zero-order valence-corrected chi connectivity index (χ0v) is 12.6. The molecule has 0 radical (unpaired) electrons. The first-order valence-corrected chi connectivity index (χ1v) is 8.27. The van der Waals surface area contributed by atoms with E-state index in [-0.39, 0.29) is 22.5 Å². The summed E-state index contributed by atoms with van der Waals surface area (Å²) in [7, 11) is -3.81. The van der Waals surface area contributed by atoms with E-state index in [1.807, 2.05) is 0 Å². The van der Waals surface area contributed by atoms with E-state index in [1.54, 1.807) is 0 Å². The van der Waals surface area contributed by atoms with Gasteiger partial charge in [-0.05, 0) is 0 Å². The smallest absolute Gasteiger partial charge is 0.258 e. The molecule has 0 heterocycles. The summed E-state index contributed by atoms with van der Waals surface area (Å²) in [5.74, 6) is -1.12. The fourth-order valence-electron chi connectivity index (χ4n) is 2.15. The first-order chi connectivity index (χ1) is 10.8. The third-order valence-corrected chi connectivity index (χ3v) is 4.63. The Morgan fingerprint density at radius 2 is 1.09 bits per heavy atom. The molecule has 2 aromatic carbocycles. The molecule has 0 saturated carbocycles. The monoisotopic (exact) mass is 336 g/mol. The predicted octanol–water partition coefficient (Wildman–Crippen LogP) is 2.62. The minimum atomic E-state index is -3.81. The molecule has 0 unspecified atom stereocenters. The lowest BCUT2D eigenvalue weighted by Crippen LogP contribution is -2.10. The molecular weight excluding hydrogens is 324 g/mol. The Morgan fingerprint density at radius 3 is 1.43 bits per heavy atom. The largest absolute Gasteiger partial charge is 0.273 e. The standard InChI is InChI=1S/C14H12N2O6S/c17-15(18)13-7-3-1-5-11(13)9-23(21,22)10-12-6-2-4-8-14(12)16(19)20/h1-8H,9-10H2. The van der Waals surface area contributed by atoms with Crippen molar-refractivity contribution in [3.63, 3.8) is 0 Å². The molecule has 9 heteroatoms. The summed E-state index contributed by atoms with van der Waals surface area (Å²) in [6.07, 6.45) is 0. The Balaban J connectivity index is 2.31. The van der Waals surface area contributed by atoms with Crippen LogP contribution in [0.25, 0.3) is 0 Å². The van der Waals surface area contributed by atoms with Crippen LogP contribution in [0.1, 0.15) is 11.1 Å². The van der Waals surface area contributed by atoms with Gasteiger partial charge in [0.25, 0.3) is 11.4 Å². The molecule has 120 valence electrons. The van der Waals surface area contributed by atoms with Gasteiger partial charge in [-0.25, -0.2) is 8.42 Å². The first-order valence-electron chi connectivity index (χ1n) is 6.45. The highest BCUT2D eigenvalue weighted by Crippen LogP contribution is 2.25. The molecule has 23 heavy (non-hydrogen) atoms. The van der Waals surface area contributed by atoms with E-state index < -0.39 is 31.2 Å². The zero-order valence-electron chi connectivity index (χ0n) is 11.8. The lowest BCUT2D eigenvalue weighted by atomic mass is 10.2. The molecule has 2 rings (SSSR count). The summed E-state index contributed by atoms with van der Waals surface area (Å²) in [4.78, 5) is 20.5. The highest BCUT2D eigenvalue weighted by atomic mass is 32.2. The van der Waals surface area contributed by atoms with Crippen LogP contribution in [0, 0.1) is 20.2 Å². The number of nitro groups is 2. The van der Waals surface area contributed by atoms with E-state index in [0.29, 0.717) is 0 Å². The van der Waals surface area contributed by atoms with Gasteiger partial charge in [-0.3, -0.25) is 20.2 Å². The van der Waals surface area contributed by atoms with Gasteiger partial charge < -0.3 is 0 Å². The zero-order chi connectivity index (χ0) is 17.0. The van der Waals surface area contributed by atoms with Crippen LogP contribution in [-0.4, -0.2) is 18.3 Å². The summed E-state index contributed by atoms with van der Waals surface area (Å²) < 4.78 is 24.5. The first kappa shape index (κ1) is 16.6. The number of nitro benzene ring substituents is 2. The Labute approximate surface area is 131 Å². The van der Waals surface area contributed by atoms with E-state index in [4.69, 9.17) is 0 Å². The van der Waals surface area contributed by atoms with Crippen LogP contribution in [0.2, 0.25) is 0 Å². The van der Waals surface area contributed by atoms with Gasteiger partial charge in [0.05, 0.1) is 21.4 Å². The molecular formula is C14H12N2O6S. The maximum atomic E-state index is 12.3. The molecule has 2 aromatic rings. The molecule has 0 aromatic heterocycles. The molecule has 0 fully saturated rings. The van der Waals surface area contributed by atoms with Crippen LogP contribution in [0.5, 0.6) is 0 Å². The third-order valence-electron chi connectivity index (χ3n) is 3.13. The second-order valence-electron chi connectivity index (χ2n) is 4.80. The van der Waals surface area contributed by atoms with Crippen molar-refractivity contribution in [3.8, 4) is 0 Å². The van der Waals surface area contributed by atoms with E-state index in [2.05, 4.69) is 0 Å². The second kappa shape index (κ2) is 6.53. The predicted molar refractivity (Wildman–Crippen MR) is 82.5 cm³/mol. The third kappa shape index (κ3) is 4.10. The van der Waals surface area contributed by atoms with E-state index in [0.717, 1.165) is 0 Å². The number of nitrogens with zero attached hydrogens (tertiary/aromatic N) is 2. The SMILES string of the molecule is O=[N+]([O-])c1ccccc1CS(=O)(=O)Cc1ccccc1[N+](=O)[O-]. The van der Waals surface area contributed by atoms with Gasteiger partial charge in [0.1, 0.15) is 0 Å². The van der Waals surface area contributed by atoms with Crippen LogP contribution in [-0.2, 0) is 21.3 Å². The Hall–Kier alpha value is -2.81.